The minimum absolute atomic E-state index is 0.0465. The highest BCUT2D eigenvalue weighted by atomic mass is 16.4. The maximum atomic E-state index is 12.2. The lowest BCUT2D eigenvalue weighted by Gasteiger charge is -2.35. The van der Waals surface area contributed by atoms with Gasteiger partial charge in [-0.3, -0.25) is 9.59 Å². The van der Waals surface area contributed by atoms with Gasteiger partial charge in [0.05, 0.1) is 6.04 Å². The first-order chi connectivity index (χ1) is 8.56. The van der Waals surface area contributed by atoms with E-state index in [9.17, 15) is 9.59 Å². The molecule has 1 aliphatic carbocycles. The van der Waals surface area contributed by atoms with Gasteiger partial charge in [-0.2, -0.15) is 0 Å². The van der Waals surface area contributed by atoms with Gasteiger partial charge in [-0.1, -0.05) is 19.3 Å². The third kappa shape index (κ3) is 4.29. The molecule has 1 atom stereocenters. The summed E-state index contributed by atoms with van der Waals surface area (Å²) < 4.78 is 0. The Morgan fingerprint density at radius 1 is 1.33 bits per heavy atom. The van der Waals surface area contributed by atoms with Crippen molar-refractivity contribution in [3.05, 3.63) is 0 Å². The van der Waals surface area contributed by atoms with E-state index in [1.54, 1.807) is 0 Å². The second-order valence-corrected chi connectivity index (χ2v) is 4.95. The number of hydrogen-bond acceptors (Lipinski definition) is 3. The van der Waals surface area contributed by atoms with Gasteiger partial charge in [-0.15, -0.1) is 0 Å². The summed E-state index contributed by atoms with van der Waals surface area (Å²) in [5.74, 6) is -0.996. The summed E-state index contributed by atoms with van der Waals surface area (Å²) in [4.78, 5) is 24.5. The Bertz CT molecular complexity index is 288. The van der Waals surface area contributed by atoms with E-state index in [1.807, 2.05) is 11.8 Å². The SMILES string of the molecule is CCN(C(=O)C(N)CCC(=O)O)C1CCCCC1. The molecule has 0 saturated heterocycles. The van der Waals surface area contributed by atoms with E-state index in [-0.39, 0.29) is 18.7 Å². The minimum Gasteiger partial charge on any atom is -0.481 e. The number of aliphatic carboxylic acids is 1. The van der Waals surface area contributed by atoms with E-state index in [0.717, 1.165) is 12.8 Å². The fourth-order valence-corrected chi connectivity index (χ4v) is 2.60. The normalized spacial score (nSPS) is 18.3. The molecule has 5 heteroatoms. The molecule has 3 N–H and O–H groups in total. The van der Waals surface area contributed by atoms with Crippen LogP contribution in [0.5, 0.6) is 0 Å². The van der Waals surface area contributed by atoms with Crippen molar-refractivity contribution in [3.8, 4) is 0 Å². The minimum atomic E-state index is -0.904. The first kappa shape index (κ1) is 15.0. The second-order valence-electron chi connectivity index (χ2n) is 4.95. The van der Waals surface area contributed by atoms with Gasteiger partial charge in [0.1, 0.15) is 0 Å². The van der Waals surface area contributed by atoms with Crippen LogP contribution in [0.2, 0.25) is 0 Å². The molecule has 1 fully saturated rings. The van der Waals surface area contributed by atoms with E-state index in [0.29, 0.717) is 12.6 Å². The third-order valence-corrected chi connectivity index (χ3v) is 3.63. The number of carboxylic acid groups (broad SMARTS) is 1. The van der Waals surface area contributed by atoms with Gasteiger partial charge in [-0.05, 0) is 26.2 Å². The van der Waals surface area contributed by atoms with Crippen LogP contribution in [0.3, 0.4) is 0 Å². The monoisotopic (exact) mass is 256 g/mol. The number of amides is 1. The quantitative estimate of drug-likeness (QED) is 0.751. The first-order valence-corrected chi connectivity index (χ1v) is 6.84. The van der Waals surface area contributed by atoms with Crippen molar-refractivity contribution >= 4 is 11.9 Å². The molecule has 1 aliphatic rings. The number of nitrogens with two attached hydrogens (primary N) is 1. The van der Waals surface area contributed by atoms with Crippen LogP contribution in [0.4, 0.5) is 0 Å². The fourth-order valence-electron chi connectivity index (χ4n) is 2.60. The van der Waals surface area contributed by atoms with E-state index in [4.69, 9.17) is 10.8 Å². The number of nitrogens with zero attached hydrogens (tertiary/aromatic N) is 1. The van der Waals surface area contributed by atoms with Crippen LogP contribution in [0, 0.1) is 0 Å². The topological polar surface area (TPSA) is 83.6 Å². The number of carboxylic acids is 1. The van der Waals surface area contributed by atoms with Crippen molar-refractivity contribution < 1.29 is 14.7 Å². The number of carbonyl (C=O) groups excluding carboxylic acids is 1. The predicted octanol–water partition coefficient (Wildman–Crippen LogP) is 1.36. The van der Waals surface area contributed by atoms with Gasteiger partial charge < -0.3 is 15.7 Å². The van der Waals surface area contributed by atoms with Gasteiger partial charge in [0.2, 0.25) is 5.91 Å². The molecule has 18 heavy (non-hydrogen) atoms. The van der Waals surface area contributed by atoms with Gasteiger partial charge in [-0.25, -0.2) is 0 Å². The van der Waals surface area contributed by atoms with Crippen molar-refractivity contribution in [2.75, 3.05) is 6.54 Å². The second kappa shape index (κ2) is 7.36. The number of carbonyl (C=O) groups is 2. The number of rotatable bonds is 6. The van der Waals surface area contributed by atoms with E-state index < -0.39 is 12.0 Å². The molecule has 5 nitrogen and oxygen atoms in total. The molecule has 1 saturated carbocycles. The van der Waals surface area contributed by atoms with Crippen LogP contribution in [-0.2, 0) is 9.59 Å². The van der Waals surface area contributed by atoms with Crippen LogP contribution >= 0.6 is 0 Å². The summed E-state index contributed by atoms with van der Waals surface area (Å²) in [6.07, 6.45) is 5.84. The molecule has 1 amide bonds. The van der Waals surface area contributed by atoms with Gasteiger partial charge in [0, 0.05) is 19.0 Å². The van der Waals surface area contributed by atoms with Crippen LogP contribution in [-0.4, -0.2) is 40.5 Å². The third-order valence-electron chi connectivity index (χ3n) is 3.63. The standard InChI is InChI=1S/C13H24N2O3/c1-2-15(10-6-4-3-5-7-10)13(18)11(14)8-9-12(16)17/h10-11H,2-9,14H2,1H3,(H,16,17). The van der Waals surface area contributed by atoms with E-state index in [2.05, 4.69) is 0 Å². The largest absolute Gasteiger partial charge is 0.481 e. The lowest BCUT2D eigenvalue weighted by Crippen LogP contribution is -2.49. The Balaban J connectivity index is 2.51. The number of hydrogen-bond donors (Lipinski definition) is 2. The van der Waals surface area contributed by atoms with Crippen LogP contribution in [0.1, 0.15) is 51.9 Å². The van der Waals surface area contributed by atoms with Gasteiger partial charge in [0.25, 0.3) is 0 Å². The van der Waals surface area contributed by atoms with E-state index in [1.165, 1.54) is 19.3 Å². The van der Waals surface area contributed by atoms with Crippen molar-refractivity contribution in [1.82, 2.24) is 4.90 Å². The lowest BCUT2D eigenvalue weighted by molar-refractivity contribution is -0.138. The average Bonchev–Trinajstić information content (AvgIpc) is 2.38. The van der Waals surface area contributed by atoms with Crippen molar-refractivity contribution in [1.29, 1.82) is 0 Å². The van der Waals surface area contributed by atoms with Crippen LogP contribution < -0.4 is 5.73 Å². The molecule has 1 rings (SSSR count). The molecular formula is C13H24N2O3. The molecule has 104 valence electrons. The van der Waals surface area contributed by atoms with Crippen LogP contribution in [0.15, 0.2) is 0 Å². The van der Waals surface area contributed by atoms with E-state index >= 15 is 0 Å². The van der Waals surface area contributed by atoms with Crippen molar-refractivity contribution in [2.45, 2.75) is 64.0 Å². The smallest absolute Gasteiger partial charge is 0.303 e. The maximum absolute atomic E-state index is 12.2. The Kier molecular flexibility index (Phi) is 6.12. The highest BCUT2D eigenvalue weighted by Gasteiger charge is 2.27. The molecule has 0 radical (unpaired) electrons. The Morgan fingerprint density at radius 3 is 2.44 bits per heavy atom. The summed E-state index contributed by atoms with van der Waals surface area (Å²) in [5, 5.41) is 8.61. The summed E-state index contributed by atoms with van der Waals surface area (Å²) in [6.45, 7) is 2.61. The molecule has 1 unspecified atom stereocenters. The first-order valence-electron chi connectivity index (χ1n) is 6.84. The lowest BCUT2D eigenvalue weighted by atomic mass is 9.93. The molecular weight excluding hydrogens is 232 g/mol. The highest BCUT2D eigenvalue weighted by Crippen LogP contribution is 2.23. The van der Waals surface area contributed by atoms with Crippen molar-refractivity contribution in [3.63, 3.8) is 0 Å². The predicted molar refractivity (Wildman–Crippen MR) is 69.1 cm³/mol. The molecule has 0 aromatic rings. The molecule has 0 aliphatic heterocycles. The number of likely N-dealkylation sites (N-methyl/N-ethyl adjacent to an activating group) is 1. The summed E-state index contributed by atoms with van der Waals surface area (Å²) >= 11 is 0. The summed E-state index contributed by atoms with van der Waals surface area (Å²) in [6, 6.07) is -0.380. The molecule has 0 spiro atoms. The molecule has 0 aromatic heterocycles. The zero-order valence-corrected chi connectivity index (χ0v) is 11.1. The Hall–Kier alpha value is -1.10. The fraction of sp³-hybridized carbons (Fsp3) is 0.846. The highest BCUT2D eigenvalue weighted by molar-refractivity contribution is 5.82. The van der Waals surface area contributed by atoms with Gasteiger partial charge in [0.15, 0.2) is 0 Å². The average molecular weight is 256 g/mol. The summed E-state index contributed by atoms with van der Waals surface area (Å²) in [5.41, 5.74) is 5.79. The maximum Gasteiger partial charge on any atom is 0.303 e. The zero-order chi connectivity index (χ0) is 13.5. The summed E-state index contributed by atoms with van der Waals surface area (Å²) in [7, 11) is 0. The molecule has 0 heterocycles. The zero-order valence-electron chi connectivity index (χ0n) is 11.1. The Labute approximate surface area is 108 Å². The van der Waals surface area contributed by atoms with Crippen LogP contribution in [0.25, 0.3) is 0 Å². The molecule has 0 bridgehead atoms. The van der Waals surface area contributed by atoms with Gasteiger partial charge >= 0.3 is 5.97 Å². The Morgan fingerprint density at radius 2 is 1.94 bits per heavy atom. The van der Waals surface area contributed by atoms with Crippen molar-refractivity contribution in [2.24, 2.45) is 5.73 Å². The molecule has 0 aromatic carbocycles.